The predicted octanol–water partition coefficient (Wildman–Crippen LogP) is 7.00. The molecule has 190 valence electrons. The van der Waals surface area contributed by atoms with Gasteiger partial charge >= 0.3 is 0 Å². The Balaban J connectivity index is 1.11. The molecule has 4 heteroatoms. The Morgan fingerprint density at radius 1 is 0.583 bits per heavy atom. The van der Waals surface area contributed by atoms with Crippen molar-refractivity contribution in [2.75, 3.05) is 52.5 Å². The van der Waals surface area contributed by atoms with Gasteiger partial charge in [-0.25, -0.2) is 0 Å². The van der Waals surface area contributed by atoms with Crippen molar-refractivity contribution in [3.8, 4) is 33.8 Å². The van der Waals surface area contributed by atoms with Gasteiger partial charge in [0.05, 0.1) is 13.2 Å². The van der Waals surface area contributed by atoms with Crippen LogP contribution in [-0.2, 0) is 0 Å². The maximum atomic E-state index is 6.33. The van der Waals surface area contributed by atoms with Crippen LogP contribution in [-0.4, -0.2) is 62.3 Å². The van der Waals surface area contributed by atoms with Crippen LogP contribution in [0.25, 0.3) is 33.0 Å². The summed E-state index contributed by atoms with van der Waals surface area (Å²) in [6.45, 7) is 8.87. The molecule has 4 nitrogen and oxygen atoms in total. The maximum absolute atomic E-state index is 6.33. The van der Waals surface area contributed by atoms with Crippen molar-refractivity contribution in [2.24, 2.45) is 0 Å². The van der Waals surface area contributed by atoms with Gasteiger partial charge in [0, 0.05) is 23.9 Å². The molecule has 0 unspecified atom stereocenters. The lowest BCUT2D eigenvalue weighted by molar-refractivity contribution is 0.205. The summed E-state index contributed by atoms with van der Waals surface area (Å²) in [5.74, 6) is 1.99. The molecule has 2 heterocycles. The fraction of sp³-hybridized carbons (Fsp3) is 0.500. The normalized spacial score (nSPS) is 17.9. The van der Waals surface area contributed by atoms with Crippen molar-refractivity contribution in [2.45, 2.75) is 51.4 Å². The number of hydrogen-bond donors (Lipinski definition) is 0. The summed E-state index contributed by atoms with van der Waals surface area (Å²) in [5, 5.41) is 2.55. The molecular formula is C32H40N2O2. The molecule has 0 radical (unpaired) electrons. The van der Waals surface area contributed by atoms with Gasteiger partial charge in [-0.15, -0.1) is 0 Å². The Bertz CT molecular complexity index is 1180. The SMILES string of the molecule is c1cc2c3c(ccc(OCCCN4CCCCC4)c3c1)-c1cc(OCCCN3CCCCC3)ccc1-2. The number of benzene rings is 3. The maximum Gasteiger partial charge on any atom is 0.127 e. The van der Waals surface area contributed by atoms with Gasteiger partial charge in [-0.3, -0.25) is 0 Å². The summed E-state index contributed by atoms with van der Waals surface area (Å²) in [5.41, 5.74) is 5.20. The summed E-state index contributed by atoms with van der Waals surface area (Å²) in [6, 6.07) is 17.7. The van der Waals surface area contributed by atoms with E-state index in [9.17, 15) is 0 Å². The zero-order chi connectivity index (χ0) is 24.2. The molecule has 0 amide bonds. The van der Waals surface area contributed by atoms with Gasteiger partial charge in [0.1, 0.15) is 11.5 Å². The molecule has 2 aliphatic heterocycles. The van der Waals surface area contributed by atoms with Gasteiger partial charge < -0.3 is 19.3 Å². The summed E-state index contributed by atoms with van der Waals surface area (Å²) >= 11 is 0. The van der Waals surface area contributed by atoms with Crippen molar-refractivity contribution in [1.82, 2.24) is 9.80 Å². The molecule has 2 fully saturated rings. The third-order valence-corrected chi connectivity index (χ3v) is 8.23. The Morgan fingerprint density at radius 2 is 1.22 bits per heavy atom. The highest BCUT2D eigenvalue weighted by Gasteiger charge is 2.23. The molecule has 2 saturated heterocycles. The summed E-state index contributed by atoms with van der Waals surface area (Å²) in [7, 11) is 0. The smallest absolute Gasteiger partial charge is 0.127 e. The van der Waals surface area contributed by atoms with Gasteiger partial charge in [-0.05, 0) is 105 Å². The van der Waals surface area contributed by atoms with E-state index in [2.05, 4.69) is 58.3 Å². The average Bonchev–Trinajstić information content (AvgIpc) is 3.26. The molecule has 0 N–H and O–H groups in total. The van der Waals surface area contributed by atoms with Crippen molar-refractivity contribution in [1.29, 1.82) is 0 Å². The van der Waals surface area contributed by atoms with Crippen LogP contribution in [0, 0.1) is 0 Å². The highest BCUT2D eigenvalue weighted by atomic mass is 16.5. The Kier molecular flexibility index (Phi) is 7.43. The third-order valence-electron chi connectivity index (χ3n) is 8.23. The molecule has 3 aromatic rings. The van der Waals surface area contributed by atoms with E-state index in [4.69, 9.17) is 9.47 Å². The van der Waals surface area contributed by atoms with Crippen molar-refractivity contribution in [3.63, 3.8) is 0 Å². The Hall–Kier alpha value is -2.56. The van der Waals surface area contributed by atoms with E-state index in [0.29, 0.717) is 0 Å². The summed E-state index contributed by atoms with van der Waals surface area (Å²) in [6.07, 6.45) is 10.4. The highest BCUT2D eigenvalue weighted by molar-refractivity contribution is 6.16. The molecule has 0 atom stereocenters. The van der Waals surface area contributed by atoms with Crippen LogP contribution in [0.1, 0.15) is 51.4 Å². The number of ether oxygens (including phenoxy) is 2. The Morgan fingerprint density at radius 3 is 1.94 bits per heavy atom. The lowest BCUT2D eigenvalue weighted by atomic mass is 10.0. The van der Waals surface area contributed by atoms with E-state index in [1.54, 1.807) is 0 Å². The quantitative estimate of drug-likeness (QED) is 0.226. The lowest BCUT2D eigenvalue weighted by Gasteiger charge is -2.26. The molecule has 0 saturated carbocycles. The van der Waals surface area contributed by atoms with Crippen LogP contribution >= 0.6 is 0 Å². The van der Waals surface area contributed by atoms with Crippen LogP contribution < -0.4 is 9.47 Å². The third kappa shape index (κ3) is 5.12. The number of nitrogens with zero attached hydrogens (tertiary/aromatic N) is 2. The first kappa shape index (κ1) is 23.8. The topological polar surface area (TPSA) is 24.9 Å². The van der Waals surface area contributed by atoms with E-state index in [0.717, 1.165) is 50.6 Å². The van der Waals surface area contributed by atoms with Crippen LogP contribution in [0.3, 0.4) is 0 Å². The number of hydrogen-bond acceptors (Lipinski definition) is 4. The highest BCUT2D eigenvalue weighted by Crippen LogP contribution is 2.50. The number of likely N-dealkylation sites (tertiary alicyclic amines) is 2. The zero-order valence-corrected chi connectivity index (χ0v) is 21.6. The van der Waals surface area contributed by atoms with Gasteiger partial charge in [0.15, 0.2) is 0 Å². The van der Waals surface area contributed by atoms with E-state index >= 15 is 0 Å². The number of fused-ring (bicyclic) bond motifs is 3. The van der Waals surface area contributed by atoms with Crippen LogP contribution in [0.15, 0.2) is 48.5 Å². The minimum atomic E-state index is 0.775. The van der Waals surface area contributed by atoms with Crippen molar-refractivity contribution < 1.29 is 9.47 Å². The minimum absolute atomic E-state index is 0.775. The standard InChI is InChI=1S/C32H40N2O2/c1-3-16-33(17-4-1)20-8-22-35-25-12-13-26-27-10-7-11-29-31(15-14-28(32(27)29)30(26)24-25)36-23-9-21-34-18-5-2-6-19-34/h7,10-15,24H,1-6,8-9,16-23H2. The second kappa shape index (κ2) is 11.2. The molecule has 3 aromatic carbocycles. The van der Waals surface area contributed by atoms with Crippen molar-refractivity contribution in [3.05, 3.63) is 48.5 Å². The fourth-order valence-electron chi connectivity index (χ4n) is 6.34. The first-order chi connectivity index (χ1) is 17.9. The van der Waals surface area contributed by atoms with Gasteiger partial charge in [-0.1, -0.05) is 43.2 Å². The molecule has 6 rings (SSSR count). The van der Waals surface area contributed by atoms with E-state index in [1.807, 2.05) is 0 Å². The summed E-state index contributed by atoms with van der Waals surface area (Å²) < 4.78 is 12.5. The largest absolute Gasteiger partial charge is 0.494 e. The van der Waals surface area contributed by atoms with Crippen LogP contribution in [0.2, 0.25) is 0 Å². The average molecular weight is 485 g/mol. The lowest BCUT2D eigenvalue weighted by Crippen LogP contribution is -2.31. The van der Waals surface area contributed by atoms with E-state index < -0.39 is 0 Å². The molecule has 0 bridgehead atoms. The monoisotopic (exact) mass is 484 g/mol. The molecule has 3 aliphatic rings. The molecule has 0 aromatic heterocycles. The van der Waals surface area contributed by atoms with E-state index in [-0.39, 0.29) is 0 Å². The second-order valence-electron chi connectivity index (χ2n) is 10.8. The number of piperidine rings is 2. The molecular weight excluding hydrogens is 444 g/mol. The van der Waals surface area contributed by atoms with Crippen molar-refractivity contribution >= 4 is 10.8 Å². The minimum Gasteiger partial charge on any atom is -0.494 e. The first-order valence-electron chi connectivity index (χ1n) is 14.3. The first-order valence-corrected chi connectivity index (χ1v) is 14.3. The van der Waals surface area contributed by atoms with Crippen LogP contribution in [0.5, 0.6) is 11.5 Å². The predicted molar refractivity (Wildman–Crippen MR) is 149 cm³/mol. The molecule has 36 heavy (non-hydrogen) atoms. The zero-order valence-electron chi connectivity index (χ0n) is 21.6. The van der Waals surface area contributed by atoms with Gasteiger partial charge in [0.2, 0.25) is 0 Å². The summed E-state index contributed by atoms with van der Waals surface area (Å²) in [4.78, 5) is 5.17. The number of rotatable bonds is 10. The van der Waals surface area contributed by atoms with Gasteiger partial charge in [-0.2, -0.15) is 0 Å². The second-order valence-corrected chi connectivity index (χ2v) is 10.8. The van der Waals surface area contributed by atoms with E-state index in [1.165, 1.54) is 97.7 Å². The van der Waals surface area contributed by atoms with Crippen LogP contribution in [0.4, 0.5) is 0 Å². The van der Waals surface area contributed by atoms with Gasteiger partial charge in [0.25, 0.3) is 0 Å². The fourth-order valence-corrected chi connectivity index (χ4v) is 6.34. The Labute approximate surface area is 216 Å². The molecule has 0 spiro atoms. The molecule has 1 aliphatic carbocycles.